The van der Waals surface area contributed by atoms with E-state index in [2.05, 4.69) is 146 Å². The van der Waals surface area contributed by atoms with Gasteiger partial charge in [0.05, 0.1) is 107 Å². The molecular weight excluding hydrogens is 1810 g/mol. The highest BCUT2D eigenvalue weighted by Gasteiger charge is 2.25. The van der Waals surface area contributed by atoms with E-state index >= 15 is 0 Å². The molecule has 1 aliphatic carbocycles. The van der Waals surface area contributed by atoms with Crippen LogP contribution >= 0.6 is 0 Å². The van der Waals surface area contributed by atoms with Gasteiger partial charge in [-0.15, -0.1) is 0 Å². The second-order valence-electron chi connectivity index (χ2n) is 37.4. The first-order valence-corrected chi connectivity index (χ1v) is 48.5. The van der Waals surface area contributed by atoms with Crippen molar-refractivity contribution in [2.24, 2.45) is 0 Å². The molecule has 0 saturated heterocycles. The largest absolute Gasteiger partial charge is 0.491 e. The highest BCUT2D eigenvalue weighted by molar-refractivity contribution is 5.84. The zero-order valence-corrected chi connectivity index (χ0v) is 82.9. The highest BCUT2D eigenvalue weighted by atomic mass is 19.3. The maximum atomic E-state index is 12.8. The number of halogens is 4. The summed E-state index contributed by atoms with van der Waals surface area (Å²) in [6.45, 7) is 25.0. The number of alkyl halides is 4. The van der Waals surface area contributed by atoms with Crippen molar-refractivity contribution in [1.82, 2.24) is 47.1 Å². The average molecular weight is 1930 g/mol. The Balaban J connectivity index is 0.000000123. The number of nitrogens with zero attached hydrogens (tertiary/aromatic N) is 10. The molecule has 144 heavy (non-hydrogen) atoms. The standard InChI is InChI=1S/C25H24N2O2.2C25H26N2O2.C23H20F2N2O2.C23H20F2N2O/c1-17(2)28-21-10-5-19(6-11-21)24-15-26-25-14-7-20(16-27(24)25)18-3-8-22(9-4-18)29-23-12-13-23;1-17(2)28-22-10-5-19(6-11-22)21-9-14-25-26-15-24(27(25)16-21)20-7-12-23(13-8-20)29-18(3)4;1-17(2)29-22-12-10-21(11-13-22)27-16-26-23-14-7-19(15-24(23)27)18-5-8-20(9-6-18)25(3,4)28;1-15(2)28-19-10-5-17(6-11-19)21-13-26-22-12-7-18(14-27(21)22)16-3-8-20(9-4-16)29-23(24)25;1-15(2)28-20-10-7-17(8-11-20)21-13-26-22-12-9-19(14-27(21)22)16-3-5-18(6-4-16)23(24)25/h3-11,14-17,23H,12-13H2,1-2H3;5-18H,1-4H3;5-17,28H,1-4H3;3-15,23H,1-2H3;3-15,23H,1-2H3. The van der Waals surface area contributed by atoms with Crippen molar-refractivity contribution in [3.8, 4) is 152 Å². The van der Waals surface area contributed by atoms with Gasteiger partial charge in [0, 0.05) is 58.3 Å². The van der Waals surface area contributed by atoms with E-state index in [0.29, 0.717) is 6.10 Å². The second-order valence-corrected chi connectivity index (χ2v) is 37.4. The number of hydrogen-bond donors (Lipinski definition) is 1. The summed E-state index contributed by atoms with van der Waals surface area (Å²) in [5.74, 6) is 6.24. The van der Waals surface area contributed by atoms with Crippen molar-refractivity contribution < 1.29 is 60.6 Å². The fourth-order valence-electron chi connectivity index (χ4n) is 16.5. The topological polar surface area (TPSA) is 181 Å². The molecule has 9 aromatic heterocycles. The van der Waals surface area contributed by atoms with E-state index in [1.165, 1.54) is 37.1 Å². The van der Waals surface area contributed by atoms with Gasteiger partial charge in [0.2, 0.25) is 0 Å². The van der Waals surface area contributed by atoms with Crippen molar-refractivity contribution in [3.05, 3.63) is 376 Å². The minimum atomic E-state index is -2.83. The van der Waals surface area contributed by atoms with Crippen LogP contribution in [0.5, 0.6) is 46.0 Å². The number of rotatable bonds is 28. The second kappa shape index (κ2) is 44.7. The number of aliphatic hydroxyl groups is 1. The van der Waals surface area contributed by atoms with Crippen LogP contribution in [0, 0.1) is 0 Å². The molecule has 19 nitrogen and oxygen atoms in total. The fraction of sp³-hybridized carbons (Fsp3) is 0.215. The smallest absolute Gasteiger partial charge is 0.387 e. The summed E-state index contributed by atoms with van der Waals surface area (Å²) >= 11 is 0. The van der Waals surface area contributed by atoms with E-state index in [4.69, 9.17) is 33.2 Å². The van der Waals surface area contributed by atoms with Crippen LogP contribution in [0.15, 0.2) is 365 Å². The highest BCUT2D eigenvalue weighted by Crippen LogP contribution is 2.38. The number of imidazole rings is 5. The van der Waals surface area contributed by atoms with Crippen LogP contribution in [-0.4, -0.2) is 102 Å². The van der Waals surface area contributed by atoms with Gasteiger partial charge in [-0.1, -0.05) is 91.0 Å². The molecule has 1 N–H and O–H groups in total. The molecule has 0 bridgehead atoms. The summed E-state index contributed by atoms with van der Waals surface area (Å²) in [6.07, 6.45) is 18.8. The first-order chi connectivity index (χ1) is 69.5. The van der Waals surface area contributed by atoms with Crippen LogP contribution in [-0.2, 0) is 5.60 Å². The van der Waals surface area contributed by atoms with Crippen molar-refractivity contribution in [2.75, 3.05) is 0 Å². The predicted octanol–water partition coefficient (Wildman–Crippen LogP) is 30.4. The lowest BCUT2D eigenvalue weighted by Gasteiger charge is -2.18. The van der Waals surface area contributed by atoms with Gasteiger partial charge in [-0.2, -0.15) is 8.78 Å². The van der Waals surface area contributed by atoms with Crippen molar-refractivity contribution in [2.45, 2.75) is 171 Å². The Morgan fingerprint density at radius 3 is 0.826 bits per heavy atom. The monoisotopic (exact) mass is 1930 g/mol. The Morgan fingerprint density at radius 1 is 0.285 bits per heavy atom. The minimum absolute atomic E-state index is 0.0249. The maximum absolute atomic E-state index is 12.8. The summed E-state index contributed by atoms with van der Waals surface area (Å²) in [6, 6.07) is 100. The van der Waals surface area contributed by atoms with Crippen LogP contribution in [0.1, 0.15) is 127 Å². The summed E-state index contributed by atoms with van der Waals surface area (Å²) < 4.78 is 105. The lowest BCUT2D eigenvalue weighted by molar-refractivity contribution is -0.0498. The number of ether oxygens (including phenoxy) is 8. The number of pyridine rings is 4. The molecule has 1 saturated carbocycles. The number of benzene rings is 11. The molecular formula is C121H116F4N10O9. The van der Waals surface area contributed by atoms with E-state index < -0.39 is 18.6 Å². The van der Waals surface area contributed by atoms with Gasteiger partial charge < -0.3 is 43.0 Å². The van der Waals surface area contributed by atoms with Crippen LogP contribution in [0.25, 0.3) is 140 Å². The Bertz CT molecular complexity index is 7220. The number of aromatic nitrogens is 10. The van der Waals surface area contributed by atoms with E-state index in [-0.39, 0.29) is 47.9 Å². The SMILES string of the molecule is CC(C)Oc1ccc(-c2ccc3ncc(-c4ccc(OC(C)C)cc4)n3c2)cc1.CC(C)Oc1ccc(-c2cnc3ccc(-c4ccc(C(F)F)cc4)cn23)cc1.CC(C)Oc1ccc(-c2cnc3ccc(-c4ccc(OC(F)F)cc4)cn23)cc1.CC(C)Oc1ccc(-c2cnc3ccc(-c4ccc(OC5CC5)cc4)cn23)cc1.CC(C)Oc1ccc(-n2cnc3ccc(-c4ccc(C(C)(C)O)cc4)cc32)cc1. The summed E-state index contributed by atoms with van der Waals surface area (Å²) in [7, 11) is 0. The molecule has 11 aromatic carbocycles. The summed E-state index contributed by atoms with van der Waals surface area (Å²) in [5.41, 5.74) is 25.4. The maximum Gasteiger partial charge on any atom is 0.387 e. The van der Waals surface area contributed by atoms with Crippen LogP contribution in [0.4, 0.5) is 17.6 Å². The van der Waals surface area contributed by atoms with Gasteiger partial charge in [-0.3, -0.25) is 22.2 Å². The molecule has 732 valence electrons. The molecule has 23 heteroatoms. The van der Waals surface area contributed by atoms with Crippen LogP contribution < -0.4 is 37.9 Å². The van der Waals surface area contributed by atoms with Gasteiger partial charge in [-0.25, -0.2) is 33.7 Å². The molecule has 0 amide bonds. The predicted molar refractivity (Wildman–Crippen MR) is 566 cm³/mol. The third-order valence-corrected chi connectivity index (χ3v) is 23.6. The first-order valence-electron chi connectivity index (χ1n) is 48.5. The van der Waals surface area contributed by atoms with Crippen molar-refractivity contribution in [1.29, 1.82) is 0 Å². The van der Waals surface area contributed by atoms with Gasteiger partial charge >= 0.3 is 6.61 Å². The van der Waals surface area contributed by atoms with E-state index in [9.17, 15) is 22.7 Å². The lowest BCUT2D eigenvalue weighted by atomic mass is 9.95. The van der Waals surface area contributed by atoms with Crippen molar-refractivity contribution in [3.63, 3.8) is 0 Å². The molecule has 0 atom stereocenters. The van der Waals surface area contributed by atoms with Gasteiger partial charge in [-0.05, 0) is 389 Å². The minimum Gasteiger partial charge on any atom is -0.491 e. The molecule has 20 aromatic rings. The molecule has 21 rings (SSSR count). The third kappa shape index (κ3) is 25.2. The Kier molecular flexibility index (Phi) is 30.8. The molecule has 1 fully saturated rings. The van der Waals surface area contributed by atoms with Crippen LogP contribution in [0.3, 0.4) is 0 Å². The molecule has 0 radical (unpaired) electrons. The number of hydrogen-bond acceptors (Lipinski definition) is 14. The Morgan fingerprint density at radius 2 is 0.542 bits per heavy atom. The van der Waals surface area contributed by atoms with Gasteiger partial charge in [0.15, 0.2) is 0 Å². The van der Waals surface area contributed by atoms with E-state index in [1.807, 2.05) is 305 Å². The molecule has 0 unspecified atom stereocenters. The van der Waals surface area contributed by atoms with E-state index in [0.717, 1.165) is 186 Å². The quantitative estimate of drug-likeness (QED) is 0.0457. The normalized spacial score (nSPS) is 12.0. The van der Waals surface area contributed by atoms with E-state index in [1.54, 1.807) is 38.1 Å². The van der Waals surface area contributed by atoms with Crippen LogP contribution in [0.2, 0.25) is 0 Å². The Hall–Kier alpha value is -16.3. The summed E-state index contributed by atoms with van der Waals surface area (Å²) in [5, 5.41) is 10.2. The van der Waals surface area contributed by atoms with Gasteiger partial charge in [0.25, 0.3) is 6.43 Å². The Labute approximate surface area is 836 Å². The zero-order valence-electron chi connectivity index (χ0n) is 82.9. The molecule has 0 aliphatic heterocycles. The summed E-state index contributed by atoms with van der Waals surface area (Å²) in [4.78, 5) is 22.6. The first kappa shape index (κ1) is 99.3. The molecule has 9 heterocycles. The average Bonchev–Trinajstić information content (AvgIpc) is 1.65. The molecule has 0 spiro atoms. The third-order valence-electron chi connectivity index (χ3n) is 23.6. The zero-order chi connectivity index (χ0) is 101. The lowest BCUT2D eigenvalue weighted by Crippen LogP contribution is -2.14. The van der Waals surface area contributed by atoms with Crippen molar-refractivity contribution >= 4 is 33.6 Å². The number of fused-ring (bicyclic) bond motifs is 5. The fourth-order valence-corrected chi connectivity index (χ4v) is 16.5. The molecule has 1 aliphatic rings. The van der Waals surface area contributed by atoms with Gasteiger partial charge in [0.1, 0.15) is 74.9 Å².